The average molecular weight is 442 g/mol. The van der Waals surface area contributed by atoms with E-state index in [1.54, 1.807) is 0 Å². The van der Waals surface area contributed by atoms with Gasteiger partial charge in [-0.15, -0.1) is 0 Å². The molecular weight excluding hydrogens is 411 g/mol. The fourth-order valence-corrected chi connectivity index (χ4v) is 4.69. The zero-order chi connectivity index (χ0) is 17.6. The van der Waals surface area contributed by atoms with Crippen molar-refractivity contribution in [3.05, 3.63) is 0 Å². The van der Waals surface area contributed by atoms with E-state index in [4.69, 9.17) is 5.11 Å². The van der Waals surface area contributed by atoms with Crippen molar-refractivity contribution in [1.29, 1.82) is 0 Å². The fraction of sp³-hybridized carbons (Fsp3) is 0.941. The number of aliphatic hydroxyl groups is 3. The first-order chi connectivity index (χ1) is 10.8. The standard InChI is InChI=1S/C17H31IO5/c1-3-11-13(19)9-15(21)17(11)10(2)8-14(20)12(18)6-4-5-7-16(22)23/h10-15,17,19-21H,3-9H2,1-2H3,(H,22,23)/t10-,11-,12?,13-,14+,15+,17+/m0/s1. The van der Waals surface area contributed by atoms with Gasteiger partial charge in [-0.05, 0) is 43.4 Å². The second-order valence-electron chi connectivity index (χ2n) is 6.96. The van der Waals surface area contributed by atoms with Crippen molar-refractivity contribution < 1.29 is 25.2 Å². The van der Waals surface area contributed by atoms with Crippen LogP contribution in [0, 0.1) is 17.8 Å². The third-order valence-corrected chi connectivity index (χ3v) is 6.65. The molecule has 6 heteroatoms. The van der Waals surface area contributed by atoms with Gasteiger partial charge < -0.3 is 20.4 Å². The Morgan fingerprint density at radius 1 is 1.26 bits per heavy atom. The Morgan fingerprint density at radius 2 is 1.91 bits per heavy atom. The van der Waals surface area contributed by atoms with Gasteiger partial charge in [0.25, 0.3) is 0 Å². The van der Waals surface area contributed by atoms with Gasteiger partial charge >= 0.3 is 5.97 Å². The van der Waals surface area contributed by atoms with Crippen LogP contribution in [0.25, 0.3) is 0 Å². The van der Waals surface area contributed by atoms with E-state index in [9.17, 15) is 20.1 Å². The average Bonchev–Trinajstić information content (AvgIpc) is 2.76. The van der Waals surface area contributed by atoms with Gasteiger partial charge in [0.15, 0.2) is 0 Å². The van der Waals surface area contributed by atoms with E-state index in [1.807, 2.05) is 13.8 Å². The maximum absolute atomic E-state index is 10.5. The number of hydrogen-bond acceptors (Lipinski definition) is 4. The van der Waals surface area contributed by atoms with E-state index in [0.717, 1.165) is 19.3 Å². The highest BCUT2D eigenvalue weighted by atomic mass is 127. The minimum Gasteiger partial charge on any atom is -0.481 e. The summed E-state index contributed by atoms with van der Waals surface area (Å²) in [6, 6.07) is 0. The van der Waals surface area contributed by atoms with Gasteiger partial charge in [-0.3, -0.25) is 4.79 Å². The number of unbranched alkanes of at least 4 members (excludes halogenated alkanes) is 1. The van der Waals surface area contributed by atoms with E-state index in [-0.39, 0.29) is 28.1 Å². The molecule has 1 aliphatic rings. The van der Waals surface area contributed by atoms with E-state index >= 15 is 0 Å². The number of carboxylic acid groups (broad SMARTS) is 1. The Labute approximate surface area is 152 Å². The number of alkyl halides is 1. The third kappa shape index (κ3) is 6.48. The van der Waals surface area contributed by atoms with Crippen LogP contribution in [-0.4, -0.2) is 48.6 Å². The summed E-state index contributed by atoms with van der Waals surface area (Å²) in [7, 11) is 0. The Morgan fingerprint density at radius 3 is 2.48 bits per heavy atom. The molecule has 0 aromatic carbocycles. The largest absolute Gasteiger partial charge is 0.481 e. The number of carbonyl (C=O) groups is 1. The summed E-state index contributed by atoms with van der Waals surface area (Å²) < 4.78 is 0.0902. The van der Waals surface area contributed by atoms with Crippen molar-refractivity contribution >= 4 is 28.6 Å². The van der Waals surface area contributed by atoms with Crippen LogP contribution in [0.5, 0.6) is 0 Å². The predicted molar refractivity (Wildman–Crippen MR) is 97.6 cm³/mol. The van der Waals surface area contributed by atoms with Gasteiger partial charge in [0.05, 0.1) is 18.3 Å². The molecule has 0 aromatic heterocycles. The Bertz CT molecular complexity index is 365. The van der Waals surface area contributed by atoms with Crippen molar-refractivity contribution in [3.63, 3.8) is 0 Å². The Kier molecular flexibility index (Phi) is 9.33. The summed E-state index contributed by atoms with van der Waals surface area (Å²) in [5.74, 6) is -0.474. The van der Waals surface area contributed by atoms with Crippen molar-refractivity contribution in [1.82, 2.24) is 0 Å². The van der Waals surface area contributed by atoms with Crippen molar-refractivity contribution in [2.24, 2.45) is 17.8 Å². The van der Waals surface area contributed by atoms with Crippen molar-refractivity contribution in [2.45, 2.75) is 81.0 Å². The van der Waals surface area contributed by atoms with E-state index in [2.05, 4.69) is 22.6 Å². The van der Waals surface area contributed by atoms with Crippen LogP contribution in [0.4, 0.5) is 0 Å². The SMILES string of the molecule is CC[C@@H]1[C@@H]([C@@H](C)C[C@@H](O)C(I)CCCCC(=O)O)[C@H](O)C[C@@H]1O. The van der Waals surface area contributed by atoms with E-state index < -0.39 is 24.3 Å². The van der Waals surface area contributed by atoms with Crippen LogP contribution in [0.1, 0.15) is 58.8 Å². The number of hydrogen-bond donors (Lipinski definition) is 4. The first-order valence-corrected chi connectivity index (χ1v) is 9.92. The Balaban J connectivity index is 2.42. The second kappa shape index (κ2) is 10.2. The van der Waals surface area contributed by atoms with E-state index in [0.29, 0.717) is 19.3 Å². The molecule has 0 bridgehead atoms. The number of aliphatic carboxylic acids is 1. The lowest BCUT2D eigenvalue weighted by atomic mass is 9.79. The highest BCUT2D eigenvalue weighted by Gasteiger charge is 2.43. The second-order valence-corrected chi connectivity index (χ2v) is 8.56. The number of rotatable bonds is 10. The van der Waals surface area contributed by atoms with Crippen molar-refractivity contribution in [2.75, 3.05) is 0 Å². The molecule has 0 radical (unpaired) electrons. The quantitative estimate of drug-likeness (QED) is 0.237. The lowest BCUT2D eigenvalue weighted by Crippen LogP contribution is -2.32. The Hall–Kier alpha value is 0.0800. The molecule has 1 fully saturated rings. The molecule has 0 spiro atoms. The molecule has 1 rings (SSSR count). The fourth-order valence-electron chi connectivity index (χ4n) is 3.96. The zero-order valence-electron chi connectivity index (χ0n) is 14.1. The maximum atomic E-state index is 10.5. The van der Waals surface area contributed by atoms with Crippen molar-refractivity contribution in [3.8, 4) is 0 Å². The number of halogens is 1. The molecule has 0 aliphatic heterocycles. The number of carboxylic acids is 1. The molecule has 4 N–H and O–H groups in total. The van der Waals surface area contributed by atoms with Gasteiger partial charge in [0.1, 0.15) is 0 Å². The van der Waals surface area contributed by atoms with Crippen LogP contribution in [0.3, 0.4) is 0 Å². The van der Waals surface area contributed by atoms with Gasteiger partial charge in [-0.2, -0.15) is 0 Å². The minimum atomic E-state index is -0.774. The molecule has 1 aliphatic carbocycles. The van der Waals surface area contributed by atoms with Crippen LogP contribution in [-0.2, 0) is 4.79 Å². The summed E-state index contributed by atoms with van der Waals surface area (Å²) in [4.78, 5) is 10.5. The summed E-state index contributed by atoms with van der Waals surface area (Å²) in [6.45, 7) is 4.08. The summed E-state index contributed by atoms with van der Waals surface area (Å²) >= 11 is 2.24. The van der Waals surface area contributed by atoms with Gasteiger partial charge in [-0.1, -0.05) is 49.3 Å². The third-order valence-electron chi connectivity index (χ3n) is 5.20. The van der Waals surface area contributed by atoms with Gasteiger partial charge in [0.2, 0.25) is 0 Å². The molecule has 0 heterocycles. The van der Waals surface area contributed by atoms with Crippen LogP contribution in [0.2, 0.25) is 0 Å². The monoisotopic (exact) mass is 442 g/mol. The molecule has 23 heavy (non-hydrogen) atoms. The lowest BCUT2D eigenvalue weighted by molar-refractivity contribution is -0.137. The molecule has 0 amide bonds. The lowest BCUT2D eigenvalue weighted by Gasteiger charge is -2.31. The molecule has 0 saturated heterocycles. The highest BCUT2D eigenvalue weighted by Crippen LogP contribution is 2.41. The molecule has 136 valence electrons. The molecule has 7 atom stereocenters. The maximum Gasteiger partial charge on any atom is 0.303 e. The normalized spacial score (nSPS) is 31.7. The first-order valence-electron chi connectivity index (χ1n) is 8.67. The summed E-state index contributed by atoms with van der Waals surface area (Å²) in [6.07, 6.45) is 2.92. The first kappa shape index (κ1) is 21.1. The topological polar surface area (TPSA) is 98.0 Å². The minimum absolute atomic E-state index is 0.0419. The summed E-state index contributed by atoms with van der Waals surface area (Å²) in [5.41, 5.74) is 0. The van der Waals surface area contributed by atoms with Crippen LogP contribution < -0.4 is 0 Å². The van der Waals surface area contributed by atoms with Gasteiger partial charge in [-0.25, -0.2) is 0 Å². The highest BCUT2D eigenvalue weighted by molar-refractivity contribution is 14.1. The molecule has 5 nitrogen and oxygen atoms in total. The van der Waals surface area contributed by atoms with Crippen LogP contribution >= 0.6 is 22.6 Å². The zero-order valence-corrected chi connectivity index (χ0v) is 16.2. The molecular formula is C17H31IO5. The number of aliphatic hydroxyl groups excluding tert-OH is 3. The molecule has 1 unspecified atom stereocenters. The van der Waals surface area contributed by atoms with Gasteiger partial charge in [0, 0.05) is 10.3 Å². The smallest absolute Gasteiger partial charge is 0.303 e. The van der Waals surface area contributed by atoms with E-state index in [1.165, 1.54) is 0 Å². The molecule has 0 aromatic rings. The summed E-state index contributed by atoms with van der Waals surface area (Å²) in [5, 5.41) is 39.3. The predicted octanol–water partition coefficient (Wildman–Crippen LogP) is 2.59. The van der Waals surface area contributed by atoms with Crippen LogP contribution in [0.15, 0.2) is 0 Å². The molecule has 1 saturated carbocycles.